The molecule has 0 bridgehead atoms. The Morgan fingerprint density at radius 1 is 1.00 bits per heavy atom. The normalized spacial score (nSPS) is 19.9. The molecule has 0 amide bonds. The SMILES string of the molecule is CC(C)C1=[C]([Hf]([Cl])[Cl])C2=CC=CC[C](=[Ge]([CH3])[CH3])C2=C1C1=CC=CC1. The molecule has 0 saturated carbocycles. The van der Waals surface area contributed by atoms with E-state index < -0.39 is 33.0 Å². The summed E-state index contributed by atoms with van der Waals surface area (Å²) in [5.74, 6) is 5.39. The van der Waals surface area contributed by atoms with Gasteiger partial charge in [-0.25, -0.2) is 0 Å². The molecule has 0 spiro atoms. The zero-order valence-corrected chi connectivity index (χ0v) is 21.9. The van der Waals surface area contributed by atoms with Crippen LogP contribution in [0.2, 0.25) is 11.5 Å². The summed E-state index contributed by atoms with van der Waals surface area (Å²) >= 11 is -3.95. The Bertz CT molecular complexity index is 782. The van der Waals surface area contributed by atoms with Crippen molar-refractivity contribution in [2.75, 3.05) is 0 Å². The monoisotopic (exact) mass is 587 g/mol. The Kier molecular flexibility index (Phi) is 6.28. The van der Waals surface area contributed by atoms with E-state index in [0.29, 0.717) is 5.92 Å². The van der Waals surface area contributed by atoms with Crippen LogP contribution in [0.1, 0.15) is 26.7 Å². The van der Waals surface area contributed by atoms with Gasteiger partial charge in [0, 0.05) is 0 Å². The number of hydrogen-bond donors (Lipinski definition) is 0. The van der Waals surface area contributed by atoms with Crippen molar-refractivity contribution in [3.63, 3.8) is 0 Å². The Morgan fingerprint density at radius 3 is 2.21 bits per heavy atom. The van der Waals surface area contributed by atoms with E-state index in [1.165, 1.54) is 31.2 Å². The molecule has 0 unspecified atom stereocenters. The van der Waals surface area contributed by atoms with Gasteiger partial charge < -0.3 is 0 Å². The maximum atomic E-state index is 6.69. The van der Waals surface area contributed by atoms with Gasteiger partial charge in [-0.05, 0) is 0 Å². The van der Waals surface area contributed by atoms with Gasteiger partial charge in [0.05, 0.1) is 0 Å². The minimum absolute atomic E-state index is 0.455. The third kappa shape index (κ3) is 3.43. The molecule has 3 aliphatic carbocycles. The average Bonchev–Trinajstić information content (AvgIpc) is 3.07. The molecule has 0 N–H and O–H groups in total. The van der Waals surface area contributed by atoms with Crippen LogP contribution in [0.25, 0.3) is 0 Å². The minimum atomic E-state index is -2.74. The Balaban J connectivity index is 2.36. The fourth-order valence-corrected chi connectivity index (χ4v) is 13.5. The van der Waals surface area contributed by atoms with Gasteiger partial charge in [0.15, 0.2) is 0 Å². The van der Waals surface area contributed by atoms with Gasteiger partial charge in [0.2, 0.25) is 0 Å². The molecule has 0 aliphatic heterocycles. The molecule has 0 saturated heterocycles. The molecule has 0 aromatic carbocycles. The van der Waals surface area contributed by atoms with E-state index in [1.807, 2.05) is 0 Å². The summed E-state index contributed by atoms with van der Waals surface area (Å²) in [6.45, 7) is 4.58. The molecule has 0 atom stereocenters. The van der Waals surface area contributed by atoms with Crippen LogP contribution in [-0.2, 0) is 19.1 Å². The summed E-state index contributed by atoms with van der Waals surface area (Å²) in [6.07, 6.45) is 15.7. The van der Waals surface area contributed by atoms with E-state index in [-0.39, 0.29) is 0 Å². The molecule has 4 heteroatoms. The summed E-state index contributed by atoms with van der Waals surface area (Å²) in [5.41, 5.74) is 7.26. The van der Waals surface area contributed by atoms with Crippen LogP contribution in [0.15, 0.2) is 67.7 Å². The number of fused-ring (bicyclic) bond motifs is 1. The van der Waals surface area contributed by atoms with Crippen LogP contribution in [0, 0.1) is 5.92 Å². The van der Waals surface area contributed by atoms with Gasteiger partial charge >= 0.3 is 166 Å². The number of allylic oxidation sites excluding steroid dienone is 12. The molecule has 0 radical (unpaired) electrons. The van der Waals surface area contributed by atoms with E-state index in [1.54, 1.807) is 4.35 Å². The number of hydrogen-bond acceptors (Lipinski definition) is 0. The van der Waals surface area contributed by atoms with Crippen molar-refractivity contribution in [3.05, 3.63) is 67.7 Å². The standard InChI is InChI=1S/C20H23Ge.2ClH.Hf/c1-14(2)17-13-16-11-7-8-12-18(21(3)4)20(16)19(17)15-9-5-6-10-15;;;/h5-9,11,14H,10,12H2,1-4H3;2*1H;/q;;;+2/p-2. The van der Waals surface area contributed by atoms with Gasteiger partial charge in [0.1, 0.15) is 0 Å². The van der Waals surface area contributed by atoms with Crippen LogP contribution < -0.4 is 0 Å². The molecule has 125 valence electrons. The second kappa shape index (κ2) is 7.90. The summed E-state index contributed by atoms with van der Waals surface area (Å²) in [6, 6.07) is 0. The molecular formula is C20H23Cl2GeHf. The van der Waals surface area contributed by atoms with Gasteiger partial charge in [0.25, 0.3) is 0 Å². The third-order valence-corrected chi connectivity index (χ3v) is 14.7. The van der Waals surface area contributed by atoms with Crippen molar-refractivity contribution in [3.8, 4) is 0 Å². The Hall–Kier alpha value is 0.303. The molecule has 3 rings (SSSR count). The fraction of sp³-hybridized carbons (Fsp3) is 0.350. The summed E-state index contributed by atoms with van der Waals surface area (Å²) in [4.78, 5) is 0. The van der Waals surface area contributed by atoms with Crippen LogP contribution in [0.5, 0.6) is 0 Å². The number of rotatable bonds is 3. The third-order valence-electron chi connectivity index (χ3n) is 4.81. The zero-order valence-electron chi connectivity index (χ0n) is 14.7. The summed E-state index contributed by atoms with van der Waals surface area (Å²) in [7, 11) is 13.4. The van der Waals surface area contributed by atoms with E-state index in [2.05, 4.69) is 61.8 Å². The van der Waals surface area contributed by atoms with Crippen molar-refractivity contribution in [1.82, 2.24) is 0 Å². The van der Waals surface area contributed by atoms with Crippen LogP contribution in [0.3, 0.4) is 0 Å². The predicted molar refractivity (Wildman–Crippen MR) is 107 cm³/mol. The quantitative estimate of drug-likeness (QED) is 0.336. The molecular weight excluding hydrogens is 562 g/mol. The van der Waals surface area contributed by atoms with E-state index in [0.717, 1.165) is 12.8 Å². The first kappa shape index (κ1) is 19.1. The first-order valence-electron chi connectivity index (χ1n) is 8.51. The van der Waals surface area contributed by atoms with Crippen molar-refractivity contribution < 1.29 is 19.1 Å². The van der Waals surface area contributed by atoms with Crippen LogP contribution >= 0.6 is 17.2 Å². The van der Waals surface area contributed by atoms with E-state index >= 15 is 0 Å². The topological polar surface area (TPSA) is 0 Å². The van der Waals surface area contributed by atoms with E-state index in [4.69, 9.17) is 17.2 Å². The Morgan fingerprint density at radius 2 is 1.67 bits per heavy atom. The molecule has 24 heavy (non-hydrogen) atoms. The fourth-order valence-electron chi connectivity index (χ4n) is 3.80. The van der Waals surface area contributed by atoms with Crippen LogP contribution in [-0.4, -0.2) is 18.3 Å². The molecule has 3 aliphatic rings. The second-order valence-electron chi connectivity index (χ2n) is 6.97. The van der Waals surface area contributed by atoms with Gasteiger partial charge in [-0.3, -0.25) is 0 Å². The van der Waals surface area contributed by atoms with E-state index in [9.17, 15) is 0 Å². The van der Waals surface area contributed by atoms with Crippen molar-refractivity contribution >= 4 is 35.4 Å². The maximum absolute atomic E-state index is 6.69. The molecule has 0 aromatic heterocycles. The average molecular weight is 585 g/mol. The first-order chi connectivity index (χ1) is 11.4. The van der Waals surface area contributed by atoms with Crippen molar-refractivity contribution in [2.45, 2.75) is 38.2 Å². The van der Waals surface area contributed by atoms with Gasteiger partial charge in [-0.15, -0.1) is 0 Å². The molecule has 0 heterocycles. The summed E-state index contributed by atoms with van der Waals surface area (Å²) < 4.78 is 3.03. The van der Waals surface area contributed by atoms with Crippen LogP contribution in [0.4, 0.5) is 0 Å². The first-order valence-corrected chi connectivity index (χ1v) is 24.5. The van der Waals surface area contributed by atoms with Gasteiger partial charge in [-0.1, -0.05) is 0 Å². The van der Waals surface area contributed by atoms with Crippen molar-refractivity contribution in [2.24, 2.45) is 5.92 Å². The predicted octanol–water partition coefficient (Wildman–Crippen LogP) is 6.41. The summed E-state index contributed by atoms with van der Waals surface area (Å²) in [5, 5.41) is 0. The number of halogens is 2. The zero-order chi connectivity index (χ0) is 17.4. The molecule has 0 fully saturated rings. The molecule has 0 aromatic rings. The van der Waals surface area contributed by atoms with Crippen molar-refractivity contribution in [1.29, 1.82) is 0 Å². The van der Waals surface area contributed by atoms with Gasteiger partial charge in [-0.2, -0.15) is 0 Å². The molecule has 0 nitrogen and oxygen atoms in total. The second-order valence-corrected chi connectivity index (χ2v) is 23.9. The Labute approximate surface area is 165 Å².